The Morgan fingerprint density at radius 2 is 0.619 bits per heavy atom. The van der Waals surface area contributed by atoms with Gasteiger partial charge in [-0.25, -0.2) is 0 Å². The zero-order valence-electron chi connectivity index (χ0n) is 23.7. The molecule has 0 spiro atoms. The van der Waals surface area contributed by atoms with E-state index in [1.807, 2.05) is 0 Å². The Labute approximate surface area is 252 Å². The van der Waals surface area contributed by atoms with Crippen LogP contribution in [0.25, 0.3) is 11.1 Å². The van der Waals surface area contributed by atoms with Crippen molar-refractivity contribution in [2.45, 2.75) is 25.7 Å². The zero-order valence-corrected chi connectivity index (χ0v) is 25.5. The molecular weight excluding hydrogens is 542 g/mol. The molecule has 0 saturated heterocycles. The van der Waals surface area contributed by atoms with Crippen LogP contribution in [0.15, 0.2) is 158 Å². The van der Waals surface area contributed by atoms with E-state index in [1.165, 1.54) is 66.9 Å². The van der Waals surface area contributed by atoms with E-state index in [-0.39, 0.29) is 0 Å². The SMILES string of the molecule is c1ccc(P(c2ccccc2)c2cccc3c2-c2c(cccc2P(c2ccccc2)c2ccccc2)CCCC3)cc1. The molecule has 1 aliphatic rings. The highest BCUT2D eigenvalue weighted by atomic mass is 31.1. The van der Waals surface area contributed by atoms with Crippen molar-refractivity contribution in [3.8, 4) is 11.1 Å². The molecule has 204 valence electrons. The van der Waals surface area contributed by atoms with Crippen molar-refractivity contribution in [3.63, 3.8) is 0 Å². The molecule has 2 heteroatoms. The molecule has 6 aromatic rings. The van der Waals surface area contributed by atoms with E-state index in [0.717, 1.165) is 12.8 Å². The van der Waals surface area contributed by atoms with Gasteiger partial charge >= 0.3 is 0 Å². The summed E-state index contributed by atoms with van der Waals surface area (Å²) in [6.07, 6.45) is 4.69. The summed E-state index contributed by atoms with van der Waals surface area (Å²) >= 11 is 0. The second-order valence-electron chi connectivity index (χ2n) is 10.8. The number of hydrogen-bond acceptors (Lipinski definition) is 0. The van der Waals surface area contributed by atoms with Gasteiger partial charge in [-0.1, -0.05) is 158 Å². The third-order valence-corrected chi connectivity index (χ3v) is 13.2. The summed E-state index contributed by atoms with van der Waals surface area (Å²) in [4.78, 5) is 0. The van der Waals surface area contributed by atoms with Gasteiger partial charge in [-0.15, -0.1) is 0 Å². The van der Waals surface area contributed by atoms with E-state index >= 15 is 0 Å². The average Bonchev–Trinajstić information content (AvgIpc) is 3.05. The molecule has 7 rings (SSSR count). The molecule has 0 aliphatic heterocycles. The maximum absolute atomic E-state index is 2.43. The van der Waals surface area contributed by atoms with E-state index in [1.54, 1.807) is 0 Å². The first-order chi connectivity index (χ1) is 20.9. The number of benzene rings is 6. The van der Waals surface area contributed by atoms with Gasteiger partial charge in [0.05, 0.1) is 0 Å². The average molecular weight is 577 g/mol. The summed E-state index contributed by atoms with van der Waals surface area (Å²) in [7, 11) is -1.48. The first-order valence-electron chi connectivity index (χ1n) is 14.9. The maximum atomic E-state index is 2.43. The summed E-state index contributed by atoms with van der Waals surface area (Å²) in [5.74, 6) is 0. The standard InChI is InChI=1S/C40H34P2/c1-5-21-33(22-6-1)41(34-23-7-2-8-24-34)37-29-15-19-31-17-13-14-18-32-20-16-30-38(40(32)39(31)37)42(35-25-9-3-10-26-35)36-27-11-4-12-28-36/h1-12,15-16,19-30H,13-14,17-18H2. The summed E-state index contributed by atoms with van der Waals surface area (Å²) in [6, 6.07) is 59.1. The second-order valence-corrected chi connectivity index (χ2v) is 15.2. The van der Waals surface area contributed by atoms with Gasteiger partial charge in [0, 0.05) is 0 Å². The summed E-state index contributed by atoms with van der Waals surface area (Å²) in [5, 5.41) is 8.57. The summed E-state index contributed by atoms with van der Waals surface area (Å²) in [6.45, 7) is 0. The lowest BCUT2D eigenvalue weighted by molar-refractivity contribution is 0.730. The van der Waals surface area contributed by atoms with Gasteiger partial charge in [0.15, 0.2) is 0 Å². The fraction of sp³-hybridized carbons (Fsp3) is 0.100. The maximum Gasteiger partial charge on any atom is -0.00588 e. The summed E-state index contributed by atoms with van der Waals surface area (Å²) < 4.78 is 0. The van der Waals surface area contributed by atoms with Crippen molar-refractivity contribution in [1.82, 2.24) is 0 Å². The van der Waals surface area contributed by atoms with Crippen LogP contribution in [0.4, 0.5) is 0 Å². The Balaban J connectivity index is 1.54. The minimum absolute atomic E-state index is 0.739. The molecule has 0 N–H and O–H groups in total. The first-order valence-corrected chi connectivity index (χ1v) is 17.6. The number of fused-ring (bicyclic) bond motifs is 3. The van der Waals surface area contributed by atoms with Gasteiger partial charge in [-0.05, 0) is 95.6 Å². The number of aryl methyl sites for hydroxylation is 2. The normalized spacial score (nSPS) is 12.8. The van der Waals surface area contributed by atoms with Crippen molar-refractivity contribution < 1.29 is 0 Å². The van der Waals surface area contributed by atoms with Gasteiger partial charge in [0.25, 0.3) is 0 Å². The van der Waals surface area contributed by atoms with Crippen LogP contribution in [0, 0.1) is 0 Å². The number of hydrogen-bond donors (Lipinski definition) is 0. The Morgan fingerprint density at radius 1 is 0.310 bits per heavy atom. The van der Waals surface area contributed by atoms with Gasteiger partial charge in [-0.3, -0.25) is 0 Å². The Morgan fingerprint density at radius 3 is 0.929 bits per heavy atom. The van der Waals surface area contributed by atoms with Crippen molar-refractivity contribution >= 4 is 47.7 Å². The lowest BCUT2D eigenvalue weighted by atomic mass is 9.88. The van der Waals surface area contributed by atoms with Gasteiger partial charge in [0.2, 0.25) is 0 Å². The smallest absolute Gasteiger partial charge is 0.00588 e. The summed E-state index contributed by atoms with van der Waals surface area (Å²) in [5.41, 5.74) is 5.97. The molecule has 42 heavy (non-hydrogen) atoms. The first kappa shape index (κ1) is 27.0. The van der Waals surface area contributed by atoms with Gasteiger partial charge in [0.1, 0.15) is 0 Å². The highest BCUT2D eigenvalue weighted by Gasteiger charge is 2.29. The lowest BCUT2D eigenvalue weighted by Crippen LogP contribution is -2.27. The number of rotatable bonds is 6. The van der Waals surface area contributed by atoms with Crippen molar-refractivity contribution in [2.24, 2.45) is 0 Å². The Bertz CT molecular complexity index is 1550. The molecule has 0 radical (unpaired) electrons. The van der Waals surface area contributed by atoms with E-state index < -0.39 is 15.8 Å². The Kier molecular flexibility index (Phi) is 8.10. The quantitative estimate of drug-likeness (QED) is 0.178. The van der Waals surface area contributed by atoms with Crippen LogP contribution in [-0.2, 0) is 12.8 Å². The molecule has 0 heterocycles. The van der Waals surface area contributed by atoms with Crippen LogP contribution in [-0.4, -0.2) is 0 Å². The van der Waals surface area contributed by atoms with Crippen LogP contribution in [0.3, 0.4) is 0 Å². The zero-order chi connectivity index (χ0) is 28.1. The van der Waals surface area contributed by atoms with Gasteiger partial charge < -0.3 is 0 Å². The molecule has 0 fully saturated rings. The molecule has 0 unspecified atom stereocenters. The molecule has 0 bridgehead atoms. The second kappa shape index (κ2) is 12.6. The van der Waals surface area contributed by atoms with Crippen molar-refractivity contribution in [1.29, 1.82) is 0 Å². The van der Waals surface area contributed by atoms with E-state index in [9.17, 15) is 0 Å². The molecular formula is C40H34P2. The largest absolute Gasteiger partial charge is 0.0622 e. The third-order valence-electron chi connectivity index (χ3n) is 8.19. The minimum atomic E-state index is -0.739. The topological polar surface area (TPSA) is 0 Å². The Hall–Kier alpha value is -3.82. The van der Waals surface area contributed by atoms with Crippen LogP contribution < -0.4 is 31.8 Å². The predicted octanol–water partition coefficient (Wildman–Crippen LogP) is 7.75. The molecule has 0 atom stereocenters. The van der Waals surface area contributed by atoms with Crippen LogP contribution in [0.5, 0.6) is 0 Å². The predicted molar refractivity (Wildman–Crippen MR) is 186 cm³/mol. The van der Waals surface area contributed by atoms with Gasteiger partial charge in [-0.2, -0.15) is 0 Å². The van der Waals surface area contributed by atoms with Crippen molar-refractivity contribution in [3.05, 3.63) is 169 Å². The van der Waals surface area contributed by atoms with Crippen molar-refractivity contribution in [2.75, 3.05) is 0 Å². The monoisotopic (exact) mass is 576 g/mol. The van der Waals surface area contributed by atoms with Crippen LogP contribution in [0.2, 0.25) is 0 Å². The highest BCUT2D eigenvalue weighted by Crippen LogP contribution is 2.44. The van der Waals surface area contributed by atoms with E-state index in [0.29, 0.717) is 0 Å². The minimum Gasteiger partial charge on any atom is -0.0622 e. The molecule has 1 aliphatic carbocycles. The fourth-order valence-corrected chi connectivity index (χ4v) is 11.4. The molecule has 0 aromatic heterocycles. The van der Waals surface area contributed by atoms with E-state index in [2.05, 4.69) is 158 Å². The molecule has 0 nitrogen and oxygen atoms in total. The van der Waals surface area contributed by atoms with E-state index in [4.69, 9.17) is 0 Å². The van der Waals surface area contributed by atoms with Crippen LogP contribution >= 0.6 is 15.8 Å². The third kappa shape index (κ3) is 5.39. The fourth-order valence-electron chi connectivity index (χ4n) is 6.33. The van der Waals surface area contributed by atoms with Crippen LogP contribution in [0.1, 0.15) is 24.0 Å². The molecule has 6 aromatic carbocycles. The highest BCUT2D eigenvalue weighted by molar-refractivity contribution is 7.80. The lowest BCUT2D eigenvalue weighted by Gasteiger charge is -2.30. The molecule has 0 saturated carbocycles. The molecule has 0 amide bonds.